The van der Waals surface area contributed by atoms with Crippen molar-refractivity contribution in [3.63, 3.8) is 0 Å². The summed E-state index contributed by atoms with van der Waals surface area (Å²) in [6.45, 7) is 6.63. The Balaban J connectivity index is 1.67. The topological polar surface area (TPSA) is 60.1 Å². The Morgan fingerprint density at radius 2 is 1.96 bits per heavy atom. The quantitative estimate of drug-likeness (QED) is 0.715. The lowest BCUT2D eigenvalue weighted by atomic mass is 9.95. The van der Waals surface area contributed by atoms with E-state index >= 15 is 0 Å². The maximum atomic E-state index is 14.2. The predicted molar refractivity (Wildman–Crippen MR) is 104 cm³/mol. The Hall–Kier alpha value is -2.60. The molecule has 1 saturated heterocycles. The number of alkyl carbamates (subject to hydrolysis) is 1. The Labute approximate surface area is 164 Å². The molecule has 3 rings (SSSR count). The molecule has 0 aromatic heterocycles. The zero-order valence-corrected chi connectivity index (χ0v) is 16.4. The van der Waals surface area contributed by atoms with Crippen LogP contribution in [0, 0.1) is 5.82 Å². The van der Waals surface area contributed by atoms with Gasteiger partial charge in [-0.2, -0.15) is 0 Å². The molecular formula is C22H26FNO4. The highest BCUT2D eigenvalue weighted by molar-refractivity contribution is 5.67. The second kappa shape index (κ2) is 8.61. The number of epoxide rings is 1. The van der Waals surface area contributed by atoms with Crippen LogP contribution in [-0.2, 0) is 16.1 Å². The third-order valence-electron chi connectivity index (χ3n) is 4.24. The fraction of sp³-hybridized carbons (Fsp3) is 0.409. The molecule has 28 heavy (non-hydrogen) atoms. The second-order valence-corrected chi connectivity index (χ2v) is 7.86. The van der Waals surface area contributed by atoms with E-state index in [-0.39, 0.29) is 17.8 Å². The lowest BCUT2D eigenvalue weighted by molar-refractivity contribution is 0.0523. The minimum Gasteiger partial charge on any atom is -0.489 e. The fourth-order valence-corrected chi connectivity index (χ4v) is 2.88. The number of hydrogen-bond donors (Lipinski definition) is 1. The first kappa shape index (κ1) is 20.1. The molecule has 6 heteroatoms. The van der Waals surface area contributed by atoms with Gasteiger partial charge in [0.2, 0.25) is 0 Å². The van der Waals surface area contributed by atoms with Gasteiger partial charge in [-0.1, -0.05) is 30.3 Å². The number of halogens is 1. The Morgan fingerprint density at radius 3 is 2.61 bits per heavy atom. The summed E-state index contributed by atoms with van der Waals surface area (Å²) in [4.78, 5) is 12.0. The Bertz CT molecular complexity index is 800. The van der Waals surface area contributed by atoms with Crippen LogP contribution in [0.25, 0.3) is 0 Å². The summed E-state index contributed by atoms with van der Waals surface area (Å²) in [6, 6.07) is 14.3. The van der Waals surface area contributed by atoms with Crippen LogP contribution in [0.5, 0.6) is 5.75 Å². The van der Waals surface area contributed by atoms with E-state index in [2.05, 4.69) is 5.32 Å². The van der Waals surface area contributed by atoms with Crippen LogP contribution in [0.1, 0.15) is 37.8 Å². The number of carbonyl (C=O) groups is 1. The monoisotopic (exact) mass is 387 g/mol. The molecule has 1 amide bonds. The highest BCUT2D eigenvalue weighted by Crippen LogP contribution is 2.32. The Morgan fingerprint density at radius 1 is 1.25 bits per heavy atom. The van der Waals surface area contributed by atoms with Crippen LogP contribution in [0.3, 0.4) is 0 Å². The SMILES string of the molecule is CC(C)(C)OC(=O)NCC(c1cc(F)cc(OCc2ccccc2)c1)C1CO1. The van der Waals surface area contributed by atoms with Gasteiger partial charge in [0.05, 0.1) is 12.7 Å². The summed E-state index contributed by atoms with van der Waals surface area (Å²) >= 11 is 0. The standard InChI is InChI=1S/C22H26FNO4/c1-22(2,3)28-21(25)24-12-19(20-14-27-20)16-9-17(23)11-18(10-16)26-13-15-7-5-4-6-8-15/h4-11,19-20H,12-14H2,1-3H3,(H,24,25). The number of nitrogens with one attached hydrogen (secondary N) is 1. The zero-order valence-electron chi connectivity index (χ0n) is 16.4. The molecule has 1 aliphatic heterocycles. The average molecular weight is 387 g/mol. The van der Waals surface area contributed by atoms with Gasteiger partial charge in [-0.25, -0.2) is 9.18 Å². The van der Waals surface area contributed by atoms with Crippen molar-refractivity contribution in [3.8, 4) is 5.75 Å². The van der Waals surface area contributed by atoms with Crippen LogP contribution < -0.4 is 10.1 Å². The van der Waals surface area contributed by atoms with Crippen LogP contribution in [0.15, 0.2) is 48.5 Å². The predicted octanol–water partition coefficient (Wildman–Crippen LogP) is 4.41. The number of carbonyl (C=O) groups excluding carboxylic acids is 1. The van der Waals surface area contributed by atoms with Crippen molar-refractivity contribution >= 4 is 6.09 Å². The summed E-state index contributed by atoms with van der Waals surface area (Å²) in [5.41, 5.74) is 1.15. The molecule has 2 aromatic carbocycles. The molecule has 0 aliphatic carbocycles. The van der Waals surface area contributed by atoms with E-state index in [9.17, 15) is 9.18 Å². The van der Waals surface area contributed by atoms with Crippen molar-refractivity contribution in [2.24, 2.45) is 0 Å². The van der Waals surface area contributed by atoms with E-state index < -0.39 is 11.7 Å². The van der Waals surface area contributed by atoms with Gasteiger partial charge in [0.1, 0.15) is 23.8 Å². The summed E-state index contributed by atoms with van der Waals surface area (Å²) in [6.07, 6.45) is -0.561. The van der Waals surface area contributed by atoms with Crippen molar-refractivity contribution < 1.29 is 23.4 Å². The molecule has 1 N–H and O–H groups in total. The molecule has 0 bridgehead atoms. The maximum Gasteiger partial charge on any atom is 0.407 e. The van der Waals surface area contributed by atoms with Crippen molar-refractivity contribution in [2.75, 3.05) is 13.2 Å². The third kappa shape index (κ3) is 6.23. The van der Waals surface area contributed by atoms with Gasteiger partial charge in [0, 0.05) is 18.5 Å². The van der Waals surface area contributed by atoms with E-state index in [1.54, 1.807) is 26.8 Å². The fourth-order valence-electron chi connectivity index (χ4n) is 2.88. The van der Waals surface area contributed by atoms with E-state index in [1.807, 2.05) is 30.3 Å². The number of ether oxygens (including phenoxy) is 3. The van der Waals surface area contributed by atoms with Crippen LogP contribution in [0.2, 0.25) is 0 Å². The molecule has 150 valence electrons. The summed E-state index contributed by atoms with van der Waals surface area (Å²) in [5.74, 6) is -0.118. The molecular weight excluding hydrogens is 361 g/mol. The lowest BCUT2D eigenvalue weighted by Gasteiger charge is -2.22. The van der Waals surface area contributed by atoms with E-state index in [1.165, 1.54) is 12.1 Å². The summed E-state index contributed by atoms with van der Waals surface area (Å²) < 4.78 is 30.6. The molecule has 2 aromatic rings. The van der Waals surface area contributed by atoms with Gasteiger partial charge in [-0.15, -0.1) is 0 Å². The highest BCUT2D eigenvalue weighted by Gasteiger charge is 2.35. The zero-order chi connectivity index (χ0) is 20.1. The molecule has 0 saturated carbocycles. The largest absolute Gasteiger partial charge is 0.489 e. The van der Waals surface area contributed by atoms with Gasteiger partial charge in [0.25, 0.3) is 0 Å². The molecule has 1 fully saturated rings. The van der Waals surface area contributed by atoms with E-state index in [0.717, 1.165) is 11.1 Å². The number of amides is 1. The highest BCUT2D eigenvalue weighted by atomic mass is 19.1. The molecule has 0 radical (unpaired) electrons. The summed E-state index contributed by atoms with van der Waals surface area (Å²) in [5, 5.41) is 2.75. The van der Waals surface area contributed by atoms with E-state index in [0.29, 0.717) is 25.5 Å². The summed E-state index contributed by atoms with van der Waals surface area (Å²) in [7, 11) is 0. The van der Waals surface area contributed by atoms with Crippen molar-refractivity contribution in [1.29, 1.82) is 0 Å². The van der Waals surface area contributed by atoms with Crippen molar-refractivity contribution in [1.82, 2.24) is 5.32 Å². The molecule has 0 spiro atoms. The number of benzene rings is 2. The molecule has 1 aliphatic rings. The van der Waals surface area contributed by atoms with Gasteiger partial charge >= 0.3 is 6.09 Å². The van der Waals surface area contributed by atoms with E-state index in [4.69, 9.17) is 14.2 Å². The second-order valence-electron chi connectivity index (χ2n) is 7.86. The smallest absolute Gasteiger partial charge is 0.407 e. The number of rotatable bonds is 7. The van der Waals surface area contributed by atoms with Crippen molar-refractivity contribution in [3.05, 3.63) is 65.5 Å². The first-order valence-electron chi connectivity index (χ1n) is 9.36. The molecule has 5 nitrogen and oxygen atoms in total. The lowest BCUT2D eigenvalue weighted by Crippen LogP contribution is -2.35. The van der Waals surface area contributed by atoms with Crippen LogP contribution in [-0.4, -0.2) is 30.9 Å². The molecule has 2 atom stereocenters. The van der Waals surface area contributed by atoms with Gasteiger partial charge in [0.15, 0.2) is 0 Å². The van der Waals surface area contributed by atoms with Gasteiger partial charge in [-0.05, 0) is 44.0 Å². The third-order valence-corrected chi connectivity index (χ3v) is 4.24. The normalized spacial score (nSPS) is 16.9. The molecule has 1 heterocycles. The van der Waals surface area contributed by atoms with Crippen LogP contribution in [0.4, 0.5) is 9.18 Å². The average Bonchev–Trinajstić information content (AvgIpc) is 3.44. The molecule has 2 unspecified atom stereocenters. The van der Waals surface area contributed by atoms with Gasteiger partial charge in [-0.3, -0.25) is 0 Å². The van der Waals surface area contributed by atoms with Crippen molar-refractivity contribution in [2.45, 2.75) is 45.0 Å². The number of hydrogen-bond acceptors (Lipinski definition) is 4. The first-order chi connectivity index (χ1) is 13.3. The van der Waals surface area contributed by atoms with Gasteiger partial charge < -0.3 is 19.5 Å². The maximum absolute atomic E-state index is 14.2. The minimum absolute atomic E-state index is 0.0567. The minimum atomic E-state index is -0.576. The Kier molecular flexibility index (Phi) is 6.19. The van der Waals surface area contributed by atoms with Crippen LogP contribution >= 0.6 is 0 Å². The first-order valence-corrected chi connectivity index (χ1v) is 9.36.